The number of nitrogens with two attached hydrogens (primary N) is 1. The number of aliphatic hydroxyl groups is 3. The van der Waals surface area contributed by atoms with Gasteiger partial charge in [0.05, 0.1) is 17.3 Å². The number of alkyl halides is 1. The van der Waals surface area contributed by atoms with Crippen molar-refractivity contribution in [2.75, 3.05) is 25.3 Å². The van der Waals surface area contributed by atoms with Crippen molar-refractivity contribution in [3.63, 3.8) is 0 Å². The number of aromatic hydroxyl groups is 1. The van der Waals surface area contributed by atoms with E-state index in [1.807, 2.05) is 0 Å². The Bertz CT molecular complexity index is 1260. The van der Waals surface area contributed by atoms with Crippen LogP contribution in [0.2, 0.25) is 0 Å². The van der Waals surface area contributed by atoms with E-state index in [1.54, 1.807) is 20.2 Å². The van der Waals surface area contributed by atoms with E-state index >= 15 is 0 Å². The highest BCUT2D eigenvalue weighted by atomic mass is 35.5. The maximum atomic E-state index is 13.5. The SMILES string of the molecule is CN(C)[C@@H]1C(O)=C(C(N)=O)C(=O)C2(O)C(O)=C3C(=O)c4c(ccc(NC(=O)CCl)c4O)CC3CC12.Cl. The second-order valence-electron chi connectivity index (χ2n) is 9.14. The van der Waals surface area contributed by atoms with Gasteiger partial charge in [-0.25, -0.2) is 0 Å². The van der Waals surface area contributed by atoms with Gasteiger partial charge in [-0.3, -0.25) is 24.1 Å². The highest BCUT2D eigenvalue weighted by molar-refractivity contribution is 6.29. The zero-order chi connectivity index (χ0) is 26.0. The fraction of sp³-hybridized carbons (Fsp3) is 0.391. The van der Waals surface area contributed by atoms with E-state index in [4.69, 9.17) is 17.3 Å². The fourth-order valence-corrected chi connectivity index (χ4v) is 5.58. The van der Waals surface area contributed by atoms with E-state index in [2.05, 4.69) is 5.32 Å². The third-order valence-corrected chi connectivity index (χ3v) is 7.23. The van der Waals surface area contributed by atoms with E-state index < -0.39 is 69.7 Å². The highest BCUT2D eigenvalue weighted by Crippen LogP contribution is 2.52. The van der Waals surface area contributed by atoms with Gasteiger partial charge in [0.15, 0.2) is 17.1 Å². The number of hydrogen-bond donors (Lipinski definition) is 6. The van der Waals surface area contributed by atoms with Crippen molar-refractivity contribution >= 4 is 53.1 Å². The Labute approximate surface area is 216 Å². The van der Waals surface area contributed by atoms with E-state index in [9.17, 15) is 39.6 Å². The molecule has 4 rings (SSSR count). The molecule has 0 heterocycles. The molecule has 1 aromatic carbocycles. The quantitative estimate of drug-likeness (QED) is 0.181. The average Bonchev–Trinajstić information content (AvgIpc) is 2.77. The first kappa shape index (κ1) is 27.5. The summed E-state index contributed by atoms with van der Waals surface area (Å²) in [6, 6.07) is 1.91. The molecule has 0 saturated heterocycles. The Morgan fingerprint density at radius 3 is 2.42 bits per heavy atom. The van der Waals surface area contributed by atoms with Crippen molar-refractivity contribution in [2.24, 2.45) is 17.6 Å². The number of phenolic OH excluding ortho intramolecular Hbond substituents is 1. The maximum Gasteiger partial charge on any atom is 0.255 e. The molecule has 3 aliphatic rings. The third-order valence-electron chi connectivity index (χ3n) is 6.99. The number of rotatable bonds is 4. The number of aliphatic hydroxyl groups excluding tert-OH is 2. The number of anilines is 1. The number of likely N-dealkylation sites (N-methyl/N-ethyl adjacent to an activating group) is 1. The Balaban J connectivity index is 0.00000361. The van der Waals surface area contributed by atoms with Gasteiger partial charge in [0.25, 0.3) is 5.91 Å². The van der Waals surface area contributed by atoms with E-state index in [0.29, 0.717) is 5.56 Å². The van der Waals surface area contributed by atoms with Crippen molar-refractivity contribution in [2.45, 2.75) is 24.5 Å². The zero-order valence-corrected chi connectivity index (χ0v) is 20.8. The monoisotopic (exact) mass is 541 g/mol. The lowest BCUT2D eigenvalue weighted by atomic mass is 9.58. The summed E-state index contributed by atoms with van der Waals surface area (Å²) in [6.07, 6.45) is 0.156. The molecule has 0 bridgehead atoms. The second kappa shape index (κ2) is 9.40. The number of carbonyl (C=O) groups excluding carboxylic acids is 4. The fourth-order valence-electron chi connectivity index (χ4n) is 5.51. The number of Topliss-reactive ketones (excluding diaryl/α,β-unsaturated/α-hetero) is 2. The molecule has 1 aromatic rings. The number of carbonyl (C=O) groups is 4. The topological polar surface area (TPSA) is 190 Å². The summed E-state index contributed by atoms with van der Waals surface area (Å²) in [7, 11) is 3.12. The summed E-state index contributed by atoms with van der Waals surface area (Å²) in [5.74, 6) is -8.32. The Morgan fingerprint density at radius 1 is 1.22 bits per heavy atom. The third kappa shape index (κ3) is 3.74. The molecule has 13 heteroatoms. The number of halogens is 2. The van der Waals surface area contributed by atoms with Crippen LogP contribution in [0.3, 0.4) is 0 Å². The van der Waals surface area contributed by atoms with Gasteiger partial charge in [0, 0.05) is 11.5 Å². The summed E-state index contributed by atoms with van der Waals surface area (Å²) < 4.78 is 0. The molecular weight excluding hydrogens is 517 g/mol. The number of benzene rings is 1. The first-order valence-electron chi connectivity index (χ1n) is 10.7. The van der Waals surface area contributed by atoms with Crippen LogP contribution in [0, 0.1) is 11.8 Å². The lowest BCUT2D eigenvalue weighted by Gasteiger charge is -2.50. The van der Waals surface area contributed by atoms with Crippen LogP contribution in [0.15, 0.2) is 34.8 Å². The number of hydrogen-bond acceptors (Lipinski definition) is 9. The highest BCUT2D eigenvalue weighted by Gasteiger charge is 2.63. The molecular formula is C23H25Cl2N3O8. The molecule has 0 radical (unpaired) electrons. The number of phenols is 1. The molecule has 0 aromatic heterocycles. The summed E-state index contributed by atoms with van der Waals surface area (Å²) in [6.45, 7) is 0. The smallest absolute Gasteiger partial charge is 0.255 e. The van der Waals surface area contributed by atoms with Gasteiger partial charge < -0.3 is 31.5 Å². The van der Waals surface area contributed by atoms with Crippen LogP contribution in [0.1, 0.15) is 22.3 Å². The molecule has 0 spiro atoms. The molecule has 0 saturated carbocycles. The van der Waals surface area contributed by atoms with Gasteiger partial charge in [-0.05, 0) is 44.5 Å². The van der Waals surface area contributed by atoms with Crippen molar-refractivity contribution < 1.29 is 39.6 Å². The van der Waals surface area contributed by atoms with Crippen molar-refractivity contribution in [3.05, 3.63) is 45.9 Å². The largest absolute Gasteiger partial charge is 0.510 e. The van der Waals surface area contributed by atoms with Gasteiger partial charge in [0.1, 0.15) is 23.0 Å². The molecule has 194 valence electrons. The summed E-state index contributed by atoms with van der Waals surface area (Å²) in [5.41, 5.74) is 1.62. The first-order chi connectivity index (χ1) is 16.4. The first-order valence-corrected chi connectivity index (χ1v) is 11.2. The van der Waals surface area contributed by atoms with Gasteiger partial charge in [-0.2, -0.15) is 0 Å². The number of primary amides is 1. The van der Waals surface area contributed by atoms with Crippen molar-refractivity contribution in [1.29, 1.82) is 0 Å². The Hall–Kier alpha value is -3.12. The number of fused-ring (bicyclic) bond motifs is 3. The number of ketones is 2. The van der Waals surface area contributed by atoms with Crippen LogP contribution >= 0.6 is 24.0 Å². The summed E-state index contributed by atoms with van der Waals surface area (Å²) in [5, 5.41) is 46.5. The Morgan fingerprint density at radius 2 is 1.86 bits per heavy atom. The predicted molar refractivity (Wildman–Crippen MR) is 130 cm³/mol. The number of allylic oxidation sites excluding steroid dienone is 1. The van der Waals surface area contributed by atoms with E-state index in [1.165, 1.54) is 11.0 Å². The standard InChI is InChI=1S/C23H24ClN3O8.ClH/c1-27(2)16-10-6-9-5-8-3-4-11(26-12(28)7-24)17(29)13(8)18(30)14(9)20(32)23(10,35)21(33)15(19(16)31)22(25)34;/h3-4,9-10,16,29,31-32,35H,5-7H2,1-2H3,(H2,25,34)(H,26,28);1H/t9?,10?,16-,23?;/m0./s1. The lowest BCUT2D eigenvalue weighted by molar-refractivity contribution is -0.148. The number of amides is 2. The van der Waals surface area contributed by atoms with Crippen molar-refractivity contribution in [1.82, 2.24) is 4.90 Å². The predicted octanol–water partition coefficient (Wildman–Crippen LogP) is 0.720. The van der Waals surface area contributed by atoms with Crippen LogP contribution < -0.4 is 11.1 Å². The molecule has 0 fully saturated rings. The second-order valence-corrected chi connectivity index (χ2v) is 9.41. The minimum absolute atomic E-state index is 0. The summed E-state index contributed by atoms with van der Waals surface area (Å²) in [4.78, 5) is 51.9. The van der Waals surface area contributed by atoms with Crippen LogP contribution in [0.4, 0.5) is 5.69 Å². The minimum Gasteiger partial charge on any atom is -0.510 e. The normalized spacial score (nSPS) is 27.2. The molecule has 36 heavy (non-hydrogen) atoms. The van der Waals surface area contributed by atoms with Crippen LogP contribution in [0.5, 0.6) is 5.75 Å². The average molecular weight is 542 g/mol. The van der Waals surface area contributed by atoms with Crippen LogP contribution in [-0.2, 0) is 20.8 Å². The molecule has 3 aliphatic carbocycles. The zero-order valence-electron chi connectivity index (χ0n) is 19.2. The van der Waals surface area contributed by atoms with E-state index in [0.717, 1.165) is 0 Å². The van der Waals surface area contributed by atoms with Gasteiger partial charge in [0.2, 0.25) is 11.7 Å². The molecule has 4 atom stereocenters. The summed E-state index contributed by atoms with van der Waals surface area (Å²) >= 11 is 5.49. The van der Waals surface area contributed by atoms with Gasteiger partial charge in [-0.15, -0.1) is 24.0 Å². The number of nitrogens with one attached hydrogen (secondary N) is 1. The van der Waals surface area contributed by atoms with Crippen LogP contribution in [-0.4, -0.2) is 80.3 Å². The Kier molecular flexibility index (Phi) is 7.17. The van der Waals surface area contributed by atoms with Gasteiger partial charge in [-0.1, -0.05) is 6.07 Å². The lowest BCUT2D eigenvalue weighted by Crippen LogP contribution is -2.63. The van der Waals surface area contributed by atoms with Crippen LogP contribution in [0.25, 0.3) is 0 Å². The maximum absolute atomic E-state index is 13.5. The van der Waals surface area contributed by atoms with Gasteiger partial charge >= 0.3 is 0 Å². The molecule has 7 N–H and O–H groups in total. The minimum atomic E-state index is -2.70. The molecule has 11 nitrogen and oxygen atoms in total. The molecule has 2 amide bonds. The van der Waals surface area contributed by atoms with Crippen molar-refractivity contribution in [3.8, 4) is 5.75 Å². The molecule has 0 aliphatic heterocycles. The molecule has 3 unspecified atom stereocenters. The number of nitrogens with zero attached hydrogens (tertiary/aromatic N) is 1. The van der Waals surface area contributed by atoms with E-state index in [-0.39, 0.29) is 48.0 Å².